The molecule has 2 rings (SSSR count). The Hall–Kier alpha value is -2.02. The van der Waals surface area contributed by atoms with E-state index in [1.165, 1.54) is 11.1 Å². The Morgan fingerprint density at radius 3 is 2.04 bits per heavy atom. The molecule has 0 radical (unpaired) electrons. The molecule has 0 saturated heterocycles. The molecular weight excluding hydrogens is 292 g/mol. The molecule has 0 unspecified atom stereocenters. The van der Waals surface area contributed by atoms with Crippen molar-refractivity contribution < 1.29 is 5.11 Å². The molecule has 2 aromatic carbocycles. The van der Waals surface area contributed by atoms with Crippen LogP contribution in [-0.4, -0.2) is 5.11 Å². The van der Waals surface area contributed by atoms with E-state index < -0.39 is 0 Å². The smallest absolute Gasteiger partial charge is 0.122 e. The van der Waals surface area contributed by atoms with Gasteiger partial charge in [-0.2, -0.15) is 0 Å². The highest BCUT2D eigenvalue weighted by molar-refractivity contribution is 5.53. The molecule has 0 aromatic heterocycles. The maximum Gasteiger partial charge on any atom is 0.122 e. The van der Waals surface area contributed by atoms with Crippen LogP contribution in [0.3, 0.4) is 0 Å². The number of rotatable bonds is 3. The third kappa shape index (κ3) is 4.50. The van der Waals surface area contributed by atoms with Crippen molar-refractivity contribution >= 4 is 6.08 Å². The second kappa shape index (κ2) is 6.84. The Kier molecular flexibility index (Phi) is 5.22. The summed E-state index contributed by atoms with van der Waals surface area (Å²) in [5, 5.41) is 10.8. The zero-order chi connectivity index (χ0) is 18.0. The van der Waals surface area contributed by atoms with Crippen LogP contribution in [0.15, 0.2) is 48.5 Å². The van der Waals surface area contributed by atoms with Crippen LogP contribution in [0.2, 0.25) is 0 Å². The molecule has 1 N–H and O–H groups in total. The van der Waals surface area contributed by atoms with Crippen LogP contribution < -0.4 is 0 Å². The van der Waals surface area contributed by atoms with Gasteiger partial charge in [-0.1, -0.05) is 96.2 Å². The fourth-order valence-corrected chi connectivity index (χ4v) is 2.74. The summed E-state index contributed by atoms with van der Waals surface area (Å²) in [6.45, 7) is 13.1. The molecule has 0 amide bonds. The van der Waals surface area contributed by atoms with E-state index in [0.717, 1.165) is 17.5 Å². The minimum absolute atomic E-state index is 0.0611. The number of hydrogen-bond acceptors (Lipinski definition) is 1. The van der Waals surface area contributed by atoms with Crippen LogP contribution in [0.5, 0.6) is 5.75 Å². The summed E-state index contributed by atoms with van der Waals surface area (Å²) in [5.41, 5.74) is 4.46. The second-order valence-corrected chi connectivity index (χ2v) is 8.55. The van der Waals surface area contributed by atoms with Gasteiger partial charge >= 0.3 is 0 Å². The second-order valence-electron chi connectivity index (χ2n) is 8.55. The minimum atomic E-state index is -0.0801. The predicted molar refractivity (Wildman–Crippen MR) is 105 cm³/mol. The predicted octanol–water partition coefficient (Wildman–Crippen LogP) is 6.24. The Labute approximate surface area is 147 Å². The molecule has 0 saturated carbocycles. The van der Waals surface area contributed by atoms with Crippen LogP contribution in [0.25, 0.3) is 6.08 Å². The lowest BCUT2D eigenvalue weighted by Crippen LogP contribution is -2.17. The normalized spacial score (nSPS) is 12.8. The fourth-order valence-electron chi connectivity index (χ4n) is 2.74. The first-order valence-corrected chi connectivity index (χ1v) is 8.67. The van der Waals surface area contributed by atoms with Gasteiger partial charge in [0.2, 0.25) is 0 Å². The number of hydrogen-bond donors (Lipinski definition) is 1. The van der Waals surface area contributed by atoms with Gasteiger partial charge in [-0.15, -0.1) is 0 Å². The third-order valence-corrected chi connectivity index (χ3v) is 4.31. The highest BCUT2D eigenvalue weighted by Crippen LogP contribution is 2.37. The van der Waals surface area contributed by atoms with Crippen molar-refractivity contribution in [1.29, 1.82) is 0 Å². The molecule has 24 heavy (non-hydrogen) atoms. The average molecular weight is 322 g/mol. The zero-order valence-electron chi connectivity index (χ0n) is 15.9. The van der Waals surface area contributed by atoms with Crippen molar-refractivity contribution in [3.05, 3.63) is 70.8 Å². The lowest BCUT2D eigenvalue weighted by atomic mass is 9.78. The largest absolute Gasteiger partial charge is 0.507 e. The van der Waals surface area contributed by atoms with Crippen molar-refractivity contribution in [2.24, 2.45) is 0 Å². The van der Waals surface area contributed by atoms with E-state index in [4.69, 9.17) is 0 Å². The summed E-state index contributed by atoms with van der Waals surface area (Å²) < 4.78 is 0. The molecule has 0 spiro atoms. The Morgan fingerprint density at radius 1 is 0.875 bits per heavy atom. The standard InChI is InChI=1S/C23H30O/c1-22(2,3)19-15-18(21(24)20(16-19)23(4,5)6)14-10-13-17-11-8-7-9-12-17/h7-13,15-16,24H,14H2,1-6H3/b13-10-. The van der Waals surface area contributed by atoms with E-state index >= 15 is 0 Å². The molecule has 2 aromatic rings. The molecule has 0 aliphatic heterocycles. The van der Waals surface area contributed by atoms with Gasteiger partial charge < -0.3 is 5.11 Å². The lowest BCUT2D eigenvalue weighted by molar-refractivity contribution is 0.439. The number of benzene rings is 2. The number of phenolic OH excluding ortho intramolecular Hbond substituents is 1. The maximum atomic E-state index is 10.8. The quantitative estimate of drug-likeness (QED) is 0.709. The average Bonchev–Trinajstić information content (AvgIpc) is 2.47. The van der Waals surface area contributed by atoms with Crippen molar-refractivity contribution in [3.63, 3.8) is 0 Å². The van der Waals surface area contributed by atoms with E-state index in [-0.39, 0.29) is 10.8 Å². The first-order chi connectivity index (χ1) is 11.1. The summed E-state index contributed by atoms with van der Waals surface area (Å²) in [7, 11) is 0. The molecule has 0 heterocycles. The van der Waals surface area contributed by atoms with E-state index in [1.807, 2.05) is 18.2 Å². The van der Waals surface area contributed by atoms with Gasteiger partial charge in [0.1, 0.15) is 5.75 Å². The van der Waals surface area contributed by atoms with Crippen LogP contribution >= 0.6 is 0 Å². The molecular formula is C23H30O. The van der Waals surface area contributed by atoms with Gasteiger partial charge in [-0.3, -0.25) is 0 Å². The first kappa shape index (κ1) is 18.3. The van der Waals surface area contributed by atoms with Crippen LogP contribution in [-0.2, 0) is 17.3 Å². The van der Waals surface area contributed by atoms with Gasteiger partial charge in [-0.25, -0.2) is 0 Å². The SMILES string of the molecule is CC(C)(C)c1cc(C/C=C\c2ccccc2)c(O)c(C(C)(C)C)c1. The monoisotopic (exact) mass is 322 g/mol. The Morgan fingerprint density at radius 2 is 1.50 bits per heavy atom. The molecule has 1 nitrogen and oxygen atoms in total. The number of phenols is 1. The molecule has 0 atom stereocenters. The summed E-state index contributed by atoms with van der Waals surface area (Å²) in [6.07, 6.45) is 4.97. The van der Waals surface area contributed by atoms with Gasteiger partial charge in [0.15, 0.2) is 0 Å². The number of allylic oxidation sites excluding steroid dienone is 1. The van der Waals surface area contributed by atoms with Crippen molar-refractivity contribution in [3.8, 4) is 5.75 Å². The lowest BCUT2D eigenvalue weighted by Gasteiger charge is -2.27. The van der Waals surface area contributed by atoms with E-state index in [1.54, 1.807) is 0 Å². The summed E-state index contributed by atoms with van der Waals surface area (Å²) in [5.74, 6) is 0.438. The Balaban J connectivity index is 2.39. The molecule has 0 aliphatic rings. The van der Waals surface area contributed by atoms with E-state index in [2.05, 4.69) is 78.0 Å². The molecule has 1 heteroatoms. The highest BCUT2D eigenvalue weighted by atomic mass is 16.3. The summed E-state index contributed by atoms with van der Waals surface area (Å²) >= 11 is 0. The van der Waals surface area contributed by atoms with Gasteiger partial charge in [0, 0.05) is 0 Å². The van der Waals surface area contributed by atoms with Crippen molar-refractivity contribution in [2.75, 3.05) is 0 Å². The van der Waals surface area contributed by atoms with Crippen LogP contribution in [0, 0.1) is 0 Å². The van der Waals surface area contributed by atoms with E-state index in [9.17, 15) is 5.11 Å². The molecule has 0 fully saturated rings. The topological polar surface area (TPSA) is 20.2 Å². The van der Waals surface area contributed by atoms with E-state index in [0.29, 0.717) is 5.75 Å². The number of aromatic hydroxyl groups is 1. The molecule has 0 aliphatic carbocycles. The van der Waals surface area contributed by atoms with Gasteiger partial charge in [0.25, 0.3) is 0 Å². The zero-order valence-corrected chi connectivity index (χ0v) is 15.9. The molecule has 0 bridgehead atoms. The summed E-state index contributed by atoms with van der Waals surface area (Å²) in [6, 6.07) is 14.6. The maximum absolute atomic E-state index is 10.8. The van der Waals surface area contributed by atoms with Gasteiger partial charge in [0.05, 0.1) is 0 Å². The van der Waals surface area contributed by atoms with Gasteiger partial charge in [-0.05, 0) is 39.5 Å². The summed E-state index contributed by atoms with van der Waals surface area (Å²) in [4.78, 5) is 0. The van der Waals surface area contributed by atoms with Crippen molar-refractivity contribution in [1.82, 2.24) is 0 Å². The van der Waals surface area contributed by atoms with Crippen LogP contribution in [0.1, 0.15) is 63.8 Å². The highest BCUT2D eigenvalue weighted by Gasteiger charge is 2.24. The van der Waals surface area contributed by atoms with Crippen molar-refractivity contribution in [2.45, 2.75) is 58.8 Å². The fraction of sp³-hybridized carbons (Fsp3) is 0.391. The third-order valence-electron chi connectivity index (χ3n) is 4.31. The first-order valence-electron chi connectivity index (χ1n) is 8.67. The Bertz CT molecular complexity index is 710. The van der Waals surface area contributed by atoms with Crippen LogP contribution in [0.4, 0.5) is 0 Å². The molecule has 128 valence electrons. The minimum Gasteiger partial charge on any atom is -0.507 e.